The van der Waals surface area contributed by atoms with Gasteiger partial charge in [0, 0.05) is 32.3 Å². The van der Waals surface area contributed by atoms with E-state index in [1.807, 2.05) is 13.8 Å². The smallest absolute Gasteiger partial charge is 0.277 e. The number of hydrogen-bond donors (Lipinski definition) is 1. The van der Waals surface area contributed by atoms with Crippen LogP contribution in [0.15, 0.2) is 36.4 Å². The maximum Gasteiger partial charge on any atom is 0.277 e. The van der Waals surface area contributed by atoms with Gasteiger partial charge in [0.15, 0.2) is 0 Å². The van der Waals surface area contributed by atoms with Crippen LogP contribution in [0.4, 0.5) is 0 Å². The molecule has 2 aromatic carbocycles. The molecule has 1 N–H and O–H groups in total. The zero-order chi connectivity index (χ0) is 22.9. The SMILES string of the molecule is CCOC(OCC)C(=O)NC1CCN([C@@H](Cl)c2c3c(cc4ccccc24)C=C[C@@H]2C[C@H]32)CC1. The summed E-state index contributed by atoms with van der Waals surface area (Å²) < 4.78 is 10.9. The van der Waals surface area contributed by atoms with E-state index in [9.17, 15) is 4.79 Å². The Morgan fingerprint density at radius 3 is 2.64 bits per heavy atom. The summed E-state index contributed by atoms with van der Waals surface area (Å²) in [5, 5.41) is 5.63. The second-order valence-corrected chi connectivity index (χ2v) is 9.69. The second-order valence-electron chi connectivity index (χ2n) is 9.28. The van der Waals surface area contributed by atoms with E-state index in [1.54, 1.807) is 0 Å². The van der Waals surface area contributed by atoms with E-state index in [2.05, 4.69) is 52.7 Å². The Kier molecular flexibility index (Phi) is 6.75. The van der Waals surface area contributed by atoms with Crippen molar-refractivity contribution < 1.29 is 14.3 Å². The van der Waals surface area contributed by atoms with Gasteiger partial charge in [-0.15, -0.1) is 11.6 Å². The highest BCUT2D eigenvalue weighted by molar-refractivity contribution is 6.22. The van der Waals surface area contributed by atoms with Gasteiger partial charge in [0.05, 0.1) is 0 Å². The van der Waals surface area contributed by atoms with E-state index in [0.29, 0.717) is 25.0 Å². The molecular weight excluding hydrogens is 436 g/mol. The van der Waals surface area contributed by atoms with Crippen LogP contribution in [0.3, 0.4) is 0 Å². The number of carbonyl (C=O) groups is 1. The van der Waals surface area contributed by atoms with Crippen LogP contribution in [-0.4, -0.2) is 49.4 Å². The van der Waals surface area contributed by atoms with Gasteiger partial charge < -0.3 is 14.8 Å². The molecule has 2 fully saturated rings. The molecule has 5 rings (SSSR count). The number of amides is 1. The first-order valence-electron chi connectivity index (χ1n) is 12.3. The van der Waals surface area contributed by atoms with E-state index in [4.69, 9.17) is 21.1 Å². The van der Waals surface area contributed by atoms with E-state index < -0.39 is 6.29 Å². The Labute approximate surface area is 201 Å². The van der Waals surface area contributed by atoms with Crippen LogP contribution in [0.5, 0.6) is 0 Å². The number of likely N-dealkylation sites (tertiary alicyclic amines) is 1. The Balaban J connectivity index is 1.31. The third-order valence-electron chi connectivity index (χ3n) is 7.18. The first kappa shape index (κ1) is 22.9. The molecule has 1 amide bonds. The summed E-state index contributed by atoms with van der Waals surface area (Å²) in [6, 6.07) is 11.0. The quantitative estimate of drug-likeness (QED) is 0.329. The summed E-state index contributed by atoms with van der Waals surface area (Å²) in [4.78, 5) is 14.9. The van der Waals surface area contributed by atoms with Gasteiger partial charge in [-0.2, -0.15) is 0 Å². The average Bonchev–Trinajstić information content (AvgIpc) is 3.63. The Morgan fingerprint density at radius 1 is 1.18 bits per heavy atom. The van der Waals surface area contributed by atoms with Crippen molar-refractivity contribution >= 4 is 34.4 Å². The van der Waals surface area contributed by atoms with Crippen molar-refractivity contribution in [1.82, 2.24) is 10.2 Å². The van der Waals surface area contributed by atoms with Crippen molar-refractivity contribution in [3.05, 3.63) is 53.1 Å². The molecule has 0 bridgehead atoms. The fourth-order valence-electron chi connectivity index (χ4n) is 5.43. The third kappa shape index (κ3) is 4.57. The zero-order valence-corrected chi connectivity index (χ0v) is 20.2. The number of hydrogen-bond acceptors (Lipinski definition) is 4. The number of fused-ring (bicyclic) bond motifs is 4. The predicted octanol–water partition coefficient (Wildman–Crippen LogP) is 5.19. The molecule has 2 aromatic rings. The van der Waals surface area contributed by atoms with Gasteiger partial charge in [-0.3, -0.25) is 9.69 Å². The van der Waals surface area contributed by atoms with Crippen LogP contribution in [0, 0.1) is 5.92 Å². The van der Waals surface area contributed by atoms with E-state index in [1.165, 1.54) is 33.9 Å². The normalized spacial score (nSPS) is 23.4. The molecule has 0 spiro atoms. The summed E-state index contributed by atoms with van der Waals surface area (Å²) in [5.74, 6) is 1.09. The summed E-state index contributed by atoms with van der Waals surface area (Å²) in [6.45, 7) is 6.30. The highest BCUT2D eigenvalue weighted by Gasteiger charge is 2.43. The molecule has 0 radical (unpaired) electrons. The molecule has 1 heterocycles. The van der Waals surface area contributed by atoms with Gasteiger partial charge in [-0.25, -0.2) is 0 Å². The number of piperidine rings is 1. The Bertz CT molecular complexity index is 1040. The summed E-state index contributed by atoms with van der Waals surface area (Å²) in [6.07, 6.45) is 6.77. The molecule has 3 aliphatic rings. The minimum atomic E-state index is -0.833. The summed E-state index contributed by atoms with van der Waals surface area (Å²) in [5.41, 5.74) is 3.90. The minimum absolute atomic E-state index is 0.109. The lowest BCUT2D eigenvalue weighted by Crippen LogP contribution is -2.48. The molecule has 1 aliphatic heterocycles. The van der Waals surface area contributed by atoms with Gasteiger partial charge in [-0.1, -0.05) is 36.4 Å². The third-order valence-corrected chi connectivity index (χ3v) is 7.68. The number of halogens is 1. The second kappa shape index (κ2) is 9.75. The molecule has 0 aromatic heterocycles. The number of alkyl halides is 1. The first-order valence-corrected chi connectivity index (χ1v) is 12.7. The van der Waals surface area contributed by atoms with Crippen molar-refractivity contribution in [1.29, 1.82) is 0 Å². The summed E-state index contributed by atoms with van der Waals surface area (Å²) in [7, 11) is 0. The van der Waals surface area contributed by atoms with Crippen molar-refractivity contribution in [2.45, 2.75) is 56.9 Å². The van der Waals surface area contributed by atoms with Crippen LogP contribution in [0.25, 0.3) is 16.8 Å². The minimum Gasteiger partial charge on any atom is -0.349 e. The molecule has 3 atom stereocenters. The number of nitrogens with zero attached hydrogens (tertiary/aromatic N) is 1. The number of ether oxygens (including phenoxy) is 2. The topological polar surface area (TPSA) is 50.8 Å². The molecule has 1 saturated carbocycles. The lowest BCUT2D eigenvalue weighted by atomic mass is 9.87. The predicted molar refractivity (Wildman–Crippen MR) is 132 cm³/mol. The van der Waals surface area contributed by atoms with Crippen molar-refractivity contribution in [2.24, 2.45) is 5.92 Å². The molecule has 6 heteroatoms. The highest BCUT2D eigenvalue weighted by atomic mass is 35.5. The molecule has 1 saturated heterocycles. The van der Waals surface area contributed by atoms with Gasteiger partial charge in [0.2, 0.25) is 6.29 Å². The van der Waals surface area contributed by atoms with Crippen molar-refractivity contribution in [2.75, 3.05) is 26.3 Å². The fraction of sp³-hybridized carbons (Fsp3) is 0.519. The maximum absolute atomic E-state index is 12.6. The number of benzene rings is 2. The van der Waals surface area contributed by atoms with Gasteiger partial charge >= 0.3 is 0 Å². The van der Waals surface area contributed by atoms with Gasteiger partial charge in [0.25, 0.3) is 5.91 Å². The maximum atomic E-state index is 12.6. The summed E-state index contributed by atoms with van der Waals surface area (Å²) >= 11 is 7.25. The number of carbonyl (C=O) groups excluding carboxylic acids is 1. The molecule has 176 valence electrons. The largest absolute Gasteiger partial charge is 0.349 e. The van der Waals surface area contributed by atoms with Gasteiger partial charge in [0.1, 0.15) is 5.50 Å². The molecular formula is C27H33ClN2O3. The number of nitrogens with one attached hydrogen (secondary N) is 1. The van der Waals surface area contributed by atoms with Crippen LogP contribution in [0.1, 0.15) is 61.2 Å². The van der Waals surface area contributed by atoms with E-state index in [-0.39, 0.29) is 17.5 Å². The lowest BCUT2D eigenvalue weighted by Gasteiger charge is -2.37. The van der Waals surface area contributed by atoms with Gasteiger partial charge in [-0.05, 0) is 78.5 Å². The Morgan fingerprint density at radius 2 is 1.91 bits per heavy atom. The van der Waals surface area contributed by atoms with Crippen LogP contribution in [0.2, 0.25) is 0 Å². The Hall–Kier alpha value is -1.92. The van der Waals surface area contributed by atoms with Crippen molar-refractivity contribution in [3.63, 3.8) is 0 Å². The lowest BCUT2D eigenvalue weighted by molar-refractivity contribution is -0.171. The average molecular weight is 469 g/mol. The standard InChI is InChI=1S/C27H33ClN2O3/c1-3-32-27(33-4-2)26(31)29-20-11-13-30(14-12-20)25(28)24-21-8-6-5-7-17(21)15-19-10-9-18-16-22(18)23(19)24/h5-10,15,18,20,22,25,27H,3-4,11-14,16H2,1-2H3,(H,29,31)/t18-,22+,25-/m1/s1. The fourth-order valence-corrected chi connectivity index (χ4v) is 5.86. The van der Waals surface area contributed by atoms with Crippen molar-refractivity contribution in [3.8, 4) is 0 Å². The number of rotatable bonds is 8. The monoisotopic (exact) mass is 468 g/mol. The highest BCUT2D eigenvalue weighted by Crippen LogP contribution is 2.56. The molecule has 5 nitrogen and oxygen atoms in total. The van der Waals surface area contributed by atoms with E-state index >= 15 is 0 Å². The molecule has 0 unspecified atom stereocenters. The molecule has 33 heavy (non-hydrogen) atoms. The number of allylic oxidation sites excluding steroid dienone is 1. The van der Waals surface area contributed by atoms with Crippen LogP contribution in [-0.2, 0) is 14.3 Å². The zero-order valence-electron chi connectivity index (χ0n) is 19.4. The first-order chi connectivity index (χ1) is 16.1. The van der Waals surface area contributed by atoms with E-state index in [0.717, 1.165) is 25.9 Å². The van der Waals surface area contributed by atoms with Crippen LogP contribution < -0.4 is 5.32 Å². The molecule has 2 aliphatic carbocycles. The van der Waals surface area contributed by atoms with Crippen LogP contribution >= 0.6 is 11.6 Å².